The van der Waals surface area contributed by atoms with Crippen molar-refractivity contribution < 1.29 is 9.47 Å². The smallest absolute Gasteiger partial charge is 0.213 e. The van der Waals surface area contributed by atoms with Gasteiger partial charge in [-0.05, 0) is 25.0 Å². The van der Waals surface area contributed by atoms with Crippen LogP contribution in [0.4, 0.5) is 0 Å². The number of nitrogens with zero attached hydrogens (tertiary/aromatic N) is 2. The lowest BCUT2D eigenvalue weighted by molar-refractivity contribution is 0.195. The normalized spacial score (nSPS) is 10.7. The van der Waals surface area contributed by atoms with Crippen LogP contribution in [-0.4, -0.2) is 44.9 Å². The monoisotopic (exact) mass is 408 g/mol. The van der Waals surface area contributed by atoms with Crippen molar-refractivity contribution in [3.63, 3.8) is 0 Å². The topological polar surface area (TPSA) is 67.8 Å². The first-order valence-electron chi connectivity index (χ1n) is 6.80. The van der Waals surface area contributed by atoms with Crippen molar-refractivity contribution in [3.05, 3.63) is 23.9 Å². The van der Waals surface area contributed by atoms with Crippen LogP contribution in [0.25, 0.3) is 0 Å². The molecule has 0 fully saturated rings. The molecule has 0 aromatic carbocycles. The lowest BCUT2D eigenvalue weighted by Gasteiger charge is -2.11. The lowest BCUT2D eigenvalue weighted by Crippen LogP contribution is -2.38. The Morgan fingerprint density at radius 3 is 2.81 bits per heavy atom. The summed E-state index contributed by atoms with van der Waals surface area (Å²) >= 11 is 0. The van der Waals surface area contributed by atoms with Crippen molar-refractivity contribution in [2.24, 2.45) is 4.99 Å². The maximum absolute atomic E-state index is 5.10. The van der Waals surface area contributed by atoms with E-state index in [0.29, 0.717) is 12.4 Å². The second-order valence-electron chi connectivity index (χ2n) is 4.17. The molecule has 0 atom stereocenters. The van der Waals surface area contributed by atoms with Crippen LogP contribution in [0.15, 0.2) is 23.3 Å². The summed E-state index contributed by atoms with van der Waals surface area (Å²) in [7, 11) is 3.31. The van der Waals surface area contributed by atoms with Crippen LogP contribution in [0, 0.1) is 0 Å². The van der Waals surface area contributed by atoms with Gasteiger partial charge in [-0.3, -0.25) is 0 Å². The highest BCUT2D eigenvalue weighted by atomic mass is 127. The maximum atomic E-state index is 5.10. The number of guanidine groups is 1. The van der Waals surface area contributed by atoms with Gasteiger partial charge in [0.1, 0.15) is 0 Å². The average molecular weight is 408 g/mol. The summed E-state index contributed by atoms with van der Waals surface area (Å²) < 4.78 is 10.1. The van der Waals surface area contributed by atoms with Crippen LogP contribution in [0.2, 0.25) is 0 Å². The quantitative estimate of drug-likeness (QED) is 0.297. The van der Waals surface area contributed by atoms with E-state index in [1.807, 2.05) is 19.1 Å². The van der Waals surface area contributed by atoms with E-state index in [9.17, 15) is 0 Å². The van der Waals surface area contributed by atoms with Crippen molar-refractivity contribution in [1.82, 2.24) is 15.6 Å². The van der Waals surface area contributed by atoms with Gasteiger partial charge in [-0.25, -0.2) is 9.98 Å². The summed E-state index contributed by atoms with van der Waals surface area (Å²) in [6, 6.07) is 3.82. The Balaban J connectivity index is 0.00000400. The molecule has 7 heteroatoms. The number of pyridine rings is 1. The fourth-order valence-corrected chi connectivity index (χ4v) is 1.60. The molecule has 2 N–H and O–H groups in total. The Kier molecular flexibility index (Phi) is 12.0. The van der Waals surface area contributed by atoms with Gasteiger partial charge in [0.05, 0.1) is 13.7 Å². The summed E-state index contributed by atoms with van der Waals surface area (Å²) in [6.45, 7) is 5.03. The third-order valence-electron chi connectivity index (χ3n) is 2.59. The zero-order chi connectivity index (χ0) is 14.6. The molecule has 1 rings (SSSR count). The molecular formula is C14H25IN4O2. The highest BCUT2D eigenvalue weighted by Crippen LogP contribution is 2.09. The number of aliphatic imine (C=N–C) groups is 1. The van der Waals surface area contributed by atoms with Crippen LogP contribution in [0.3, 0.4) is 0 Å². The summed E-state index contributed by atoms with van der Waals surface area (Å²) in [6.07, 6.45) is 2.67. The number of aromatic nitrogens is 1. The van der Waals surface area contributed by atoms with Gasteiger partial charge < -0.3 is 20.1 Å². The third-order valence-corrected chi connectivity index (χ3v) is 2.59. The zero-order valence-corrected chi connectivity index (χ0v) is 15.2. The molecule has 0 unspecified atom stereocenters. The Labute approximate surface area is 143 Å². The second-order valence-corrected chi connectivity index (χ2v) is 4.17. The van der Waals surface area contributed by atoms with E-state index in [0.717, 1.165) is 37.6 Å². The number of hydrogen-bond donors (Lipinski definition) is 2. The van der Waals surface area contributed by atoms with E-state index in [2.05, 4.69) is 20.6 Å². The van der Waals surface area contributed by atoms with Gasteiger partial charge in [0.25, 0.3) is 0 Å². The standard InChI is InChI=1S/C14H24N4O2.HI/c1-4-15-14(17-7-5-9-19-2)18-11-12-6-8-16-13(10-12)20-3;/h6,8,10H,4-5,7,9,11H2,1-3H3,(H2,15,17,18);1H. The van der Waals surface area contributed by atoms with Crippen molar-refractivity contribution >= 4 is 29.9 Å². The molecule has 21 heavy (non-hydrogen) atoms. The molecule has 0 aliphatic carbocycles. The first kappa shape index (κ1) is 19.9. The SMILES string of the molecule is CCNC(=NCc1ccnc(OC)c1)NCCCOC.I. The van der Waals surface area contributed by atoms with Crippen LogP contribution < -0.4 is 15.4 Å². The molecular weight excluding hydrogens is 383 g/mol. The Bertz CT molecular complexity index is 416. The van der Waals surface area contributed by atoms with Crippen LogP contribution in [0.1, 0.15) is 18.9 Å². The first-order chi connectivity index (χ1) is 9.80. The molecule has 0 radical (unpaired) electrons. The van der Waals surface area contributed by atoms with E-state index >= 15 is 0 Å². The number of nitrogens with one attached hydrogen (secondary N) is 2. The molecule has 6 nitrogen and oxygen atoms in total. The molecule has 0 amide bonds. The minimum Gasteiger partial charge on any atom is -0.481 e. The summed E-state index contributed by atoms with van der Waals surface area (Å²) in [5.41, 5.74) is 1.06. The van der Waals surface area contributed by atoms with Crippen molar-refractivity contribution in [2.45, 2.75) is 19.9 Å². The van der Waals surface area contributed by atoms with Gasteiger partial charge in [-0.15, -0.1) is 24.0 Å². The third kappa shape index (κ3) is 8.71. The minimum absolute atomic E-state index is 0. The van der Waals surface area contributed by atoms with Crippen LogP contribution in [-0.2, 0) is 11.3 Å². The minimum atomic E-state index is 0. The van der Waals surface area contributed by atoms with Gasteiger partial charge >= 0.3 is 0 Å². The van der Waals surface area contributed by atoms with E-state index in [1.165, 1.54) is 0 Å². The van der Waals surface area contributed by atoms with E-state index < -0.39 is 0 Å². The molecule has 0 saturated heterocycles. The number of halogens is 1. The zero-order valence-electron chi connectivity index (χ0n) is 12.9. The largest absolute Gasteiger partial charge is 0.481 e. The summed E-state index contributed by atoms with van der Waals surface area (Å²) in [5.74, 6) is 1.41. The molecule has 1 heterocycles. The lowest BCUT2D eigenvalue weighted by atomic mass is 10.3. The van der Waals surface area contributed by atoms with Gasteiger partial charge in [0.15, 0.2) is 5.96 Å². The molecule has 1 aromatic rings. The number of rotatable bonds is 8. The van der Waals surface area contributed by atoms with Crippen LogP contribution >= 0.6 is 24.0 Å². The average Bonchev–Trinajstić information content (AvgIpc) is 2.49. The van der Waals surface area contributed by atoms with E-state index in [1.54, 1.807) is 20.4 Å². The van der Waals surface area contributed by atoms with Crippen molar-refractivity contribution in [2.75, 3.05) is 33.9 Å². The Morgan fingerprint density at radius 1 is 1.33 bits per heavy atom. The first-order valence-corrected chi connectivity index (χ1v) is 6.80. The van der Waals surface area contributed by atoms with Gasteiger partial charge in [0.2, 0.25) is 5.88 Å². The molecule has 120 valence electrons. The molecule has 0 aliphatic rings. The molecule has 0 saturated carbocycles. The predicted molar refractivity (Wildman–Crippen MR) is 95.5 cm³/mol. The molecule has 0 aliphatic heterocycles. The van der Waals surface area contributed by atoms with Crippen molar-refractivity contribution in [3.8, 4) is 5.88 Å². The Hall–Kier alpha value is -1.09. The fourth-order valence-electron chi connectivity index (χ4n) is 1.60. The van der Waals surface area contributed by atoms with E-state index in [-0.39, 0.29) is 24.0 Å². The Morgan fingerprint density at radius 2 is 2.14 bits per heavy atom. The number of methoxy groups -OCH3 is 2. The van der Waals surface area contributed by atoms with Crippen LogP contribution in [0.5, 0.6) is 5.88 Å². The number of ether oxygens (including phenoxy) is 2. The molecule has 1 aromatic heterocycles. The predicted octanol–water partition coefficient (Wildman–Crippen LogP) is 1.80. The summed E-state index contributed by atoms with van der Waals surface area (Å²) in [5, 5.41) is 6.48. The van der Waals surface area contributed by atoms with E-state index in [4.69, 9.17) is 9.47 Å². The highest BCUT2D eigenvalue weighted by molar-refractivity contribution is 14.0. The number of hydrogen-bond acceptors (Lipinski definition) is 4. The summed E-state index contributed by atoms with van der Waals surface area (Å²) in [4.78, 5) is 8.60. The maximum Gasteiger partial charge on any atom is 0.213 e. The van der Waals surface area contributed by atoms with Gasteiger partial charge in [0, 0.05) is 39.1 Å². The molecule has 0 bridgehead atoms. The fraction of sp³-hybridized carbons (Fsp3) is 0.571. The highest BCUT2D eigenvalue weighted by Gasteiger charge is 1.99. The van der Waals surface area contributed by atoms with Gasteiger partial charge in [-0.2, -0.15) is 0 Å². The van der Waals surface area contributed by atoms with Crippen molar-refractivity contribution in [1.29, 1.82) is 0 Å². The second kappa shape index (κ2) is 12.6. The molecule has 0 spiro atoms. The van der Waals surface area contributed by atoms with Gasteiger partial charge in [-0.1, -0.05) is 0 Å².